The molecule has 0 aliphatic rings. The molecular formula is C13H9Br2F2NO. The molecule has 2 aromatic rings. The van der Waals surface area contributed by atoms with Crippen LogP contribution in [0.5, 0.6) is 5.75 Å². The summed E-state index contributed by atoms with van der Waals surface area (Å²) in [6, 6.07) is 6.74. The number of nitrogens with two attached hydrogens (primary N) is 1. The van der Waals surface area contributed by atoms with Gasteiger partial charge < -0.3 is 10.5 Å². The lowest BCUT2D eigenvalue weighted by Gasteiger charge is -2.12. The molecule has 0 fully saturated rings. The monoisotopic (exact) mass is 391 g/mol. The van der Waals surface area contributed by atoms with Crippen molar-refractivity contribution in [3.8, 4) is 5.75 Å². The van der Waals surface area contributed by atoms with Gasteiger partial charge in [-0.25, -0.2) is 8.78 Å². The highest BCUT2D eigenvalue weighted by molar-refractivity contribution is 9.10. The first-order chi connectivity index (χ1) is 8.97. The van der Waals surface area contributed by atoms with Gasteiger partial charge in [0.2, 0.25) is 0 Å². The molecule has 0 aliphatic heterocycles. The van der Waals surface area contributed by atoms with E-state index in [1.807, 2.05) is 0 Å². The van der Waals surface area contributed by atoms with E-state index < -0.39 is 5.82 Å². The molecule has 0 atom stereocenters. The number of anilines is 1. The van der Waals surface area contributed by atoms with Gasteiger partial charge in [0.05, 0.1) is 10.2 Å². The number of hydrogen-bond acceptors (Lipinski definition) is 2. The van der Waals surface area contributed by atoms with Gasteiger partial charge in [0.25, 0.3) is 0 Å². The summed E-state index contributed by atoms with van der Waals surface area (Å²) >= 11 is 6.43. The summed E-state index contributed by atoms with van der Waals surface area (Å²) in [6.07, 6.45) is 0. The van der Waals surface area contributed by atoms with Crippen molar-refractivity contribution in [1.29, 1.82) is 0 Å². The van der Waals surface area contributed by atoms with Crippen LogP contribution < -0.4 is 10.5 Å². The van der Waals surface area contributed by atoms with Crippen molar-refractivity contribution in [3.05, 3.63) is 56.5 Å². The lowest BCUT2D eigenvalue weighted by atomic mass is 10.2. The van der Waals surface area contributed by atoms with Crippen molar-refractivity contribution < 1.29 is 13.5 Å². The number of benzene rings is 2. The fraction of sp³-hybridized carbons (Fsp3) is 0.0769. The first kappa shape index (κ1) is 14.3. The summed E-state index contributed by atoms with van der Waals surface area (Å²) in [4.78, 5) is 0. The normalized spacial score (nSPS) is 10.5. The number of halogens is 4. The predicted molar refractivity (Wildman–Crippen MR) is 76.9 cm³/mol. The summed E-state index contributed by atoms with van der Waals surface area (Å²) in [5, 5.41) is 0. The van der Waals surface area contributed by atoms with E-state index in [1.54, 1.807) is 6.07 Å². The van der Waals surface area contributed by atoms with Gasteiger partial charge in [-0.1, -0.05) is 22.0 Å². The summed E-state index contributed by atoms with van der Waals surface area (Å²) in [5.41, 5.74) is 6.64. The molecule has 0 aliphatic carbocycles. The summed E-state index contributed by atoms with van der Waals surface area (Å²) < 4.78 is 32.6. The molecule has 0 amide bonds. The van der Waals surface area contributed by atoms with Crippen LogP contribution in [0.1, 0.15) is 5.56 Å². The van der Waals surface area contributed by atoms with Gasteiger partial charge in [-0.15, -0.1) is 0 Å². The molecule has 19 heavy (non-hydrogen) atoms. The zero-order valence-corrected chi connectivity index (χ0v) is 12.8. The molecule has 0 aromatic heterocycles. The van der Waals surface area contributed by atoms with Crippen LogP contribution in [0, 0.1) is 11.6 Å². The fourth-order valence-corrected chi connectivity index (χ4v) is 2.55. The Kier molecular flexibility index (Phi) is 4.42. The first-order valence-electron chi connectivity index (χ1n) is 5.28. The Balaban J connectivity index is 2.19. The van der Waals surface area contributed by atoms with E-state index in [1.165, 1.54) is 24.3 Å². The van der Waals surface area contributed by atoms with Gasteiger partial charge in [0.1, 0.15) is 18.2 Å². The molecule has 100 valence electrons. The lowest BCUT2D eigenvalue weighted by molar-refractivity contribution is 0.304. The van der Waals surface area contributed by atoms with Crippen LogP contribution in [0.4, 0.5) is 14.5 Å². The number of nitrogen functional groups attached to an aromatic ring is 1. The molecule has 2 rings (SSSR count). The highest BCUT2D eigenvalue weighted by atomic mass is 79.9. The lowest BCUT2D eigenvalue weighted by Crippen LogP contribution is -2.01. The third kappa shape index (κ3) is 3.45. The van der Waals surface area contributed by atoms with Crippen LogP contribution >= 0.6 is 31.9 Å². The topological polar surface area (TPSA) is 35.2 Å². The Morgan fingerprint density at radius 3 is 2.32 bits per heavy atom. The van der Waals surface area contributed by atoms with Gasteiger partial charge in [0.15, 0.2) is 5.75 Å². The maximum atomic E-state index is 13.1. The summed E-state index contributed by atoms with van der Waals surface area (Å²) in [7, 11) is 0. The van der Waals surface area contributed by atoms with E-state index in [0.29, 0.717) is 14.7 Å². The van der Waals surface area contributed by atoms with Crippen LogP contribution in [0.25, 0.3) is 0 Å². The zero-order valence-electron chi connectivity index (χ0n) is 9.59. The Labute approximate surface area is 125 Å². The molecule has 2 N–H and O–H groups in total. The van der Waals surface area contributed by atoms with Crippen LogP contribution in [0.2, 0.25) is 0 Å². The van der Waals surface area contributed by atoms with Gasteiger partial charge in [0, 0.05) is 16.1 Å². The zero-order chi connectivity index (χ0) is 14.0. The van der Waals surface area contributed by atoms with E-state index in [2.05, 4.69) is 31.9 Å². The van der Waals surface area contributed by atoms with Crippen LogP contribution in [0.15, 0.2) is 39.3 Å². The number of rotatable bonds is 3. The Morgan fingerprint density at radius 2 is 1.68 bits per heavy atom. The Morgan fingerprint density at radius 1 is 1.00 bits per heavy atom. The molecule has 0 spiro atoms. The third-order valence-corrected chi connectivity index (χ3v) is 3.75. The molecule has 0 bridgehead atoms. The Hall–Kier alpha value is -1.14. The second-order valence-corrected chi connectivity index (χ2v) is 5.54. The average Bonchev–Trinajstić information content (AvgIpc) is 2.30. The minimum absolute atomic E-state index is 0.190. The fourth-order valence-electron chi connectivity index (χ4n) is 1.52. The molecule has 2 nitrogen and oxygen atoms in total. The van der Waals surface area contributed by atoms with Gasteiger partial charge in [-0.3, -0.25) is 0 Å². The number of hydrogen-bond donors (Lipinski definition) is 1. The molecule has 0 radical (unpaired) electrons. The Bertz CT molecular complexity index is 597. The summed E-state index contributed by atoms with van der Waals surface area (Å²) in [6.45, 7) is 0.190. The highest BCUT2D eigenvalue weighted by Crippen LogP contribution is 2.33. The van der Waals surface area contributed by atoms with Gasteiger partial charge >= 0.3 is 0 Å². The van der Waals surface area contributed by atoms with E-state index in [9.17, 15) is 8.78 Å². The standard InChI is InChI=1S/C13H9Br2F2NO/c14-10-3-8(16)2-1-7(10)6-19-13-11(15)4-9(17)5-12(13)18/h1-5H,6,18H2. The highest BCUT2D eigenvalue weighted by Gasteiger charge is 2.10. The van der Waals surface area contributed by atoms with E-state index in [0.717, 1.165) is 5.56 Å². The maximum Gasteiger partial charge on any atom is 0.157 e. The second-order valence-electron chi connectivity index (χ2n) is 3.83. The summed E-state index contributed by atoms with van der Waals surface area (Å²) in [5.74, 6) is -0.421. The average molecular weight is 393 g/mol. The molecule has 0 saturated carbocycles. The quantitative estimate of drug-likeness (QED) is 0.771. The largest absolute Gasteiger partial charge is 0.486 e. The minimum Gasteiger partial charge on any atom is -0.486 e. The van der Waals surface area contributed by atoms with Crippen molar-refractivity contribution in [2.24, 2.45) is 0 Å². The van der Waals surface area contributed by atoms with Crippen LogP contribution in [-0.2, 0) is 6.61 Å². The van der Waals surface area contributed by atoms with Crippen molar-refractivity contribution in [3.63, 3.8) is 0 Å². The SMILES string of the molecule is Nc1cc(F)cc(Br)c1OCc1ccc(F)cc1Br. The molecule has 0 unspecified atom stereocenters. The predicted octanol–water partition coefficient (Wildman–Crippen LogP) is 4.65. The van der Waals surface area contributed by atoms with E-state index in [-0.39, 0.29) is 18.1 Å². The van der Waals surface area contributed by atoms with Crippen molar-refractivity contribution in [2.45, 2.75) is 6.61 Å². The van der Waals surface area contributed by atoms with Crippen molar-refractivity contribution in [2.75, 3.05) is 5.73 Å². The molecule has 0 heterocycles. The molecule has 0 saturated heterocycles. The van der Waals surface area contributed by atoms with E-state index >= 15 is 0 Å². The smallest absolute Gasteiger partial charge is 0.157 e. The molecular weight excluding hydrogens is 384 g/mol. The first-order valence-corrected chi connectivity index (χ1v) is 6.87. The van der Waals surface area contributed by atoms with Crippen molar-refractivity contribution >= 4 is 37.5 Å². The number of ether oxygens (including phenoxy) is 1. The van der Waals surface area contributed by atoms with Crippen LogP contribution in [0.3, 0.4) is 0 Å². The maximum absolute atomic E-state index is 13.1. The van der Waals surface area contributed by atoms with Gasteiger partial charge in [-0.2, -0.15) is 0 Å². The molecule has 6 heteroatoms. The van der Waals surface area contributed by atoms with Crippen molar-refractivity contribution in [1.82, 2.24) is 0 Å². The second kappa shape index (κ2) is 5.88. The van der Waals surface area contributed by atoms with Gasteiger partial charge in [-0.05, 0) is 34.1 Å². The minimum atomic E-state index is -0.445. The van der Waals surface area contributed by atoms with E-state index in [4.69, 9.17) is 10.5 Å². The third-order valence-electron chi connectivity index (χ3n) is 2.42. The van der Waals surface area contributed by atoms with Crippen LogP contribution in [-0.4, -0.2) is 0 Å². The molecule has 2 aromatic carbocycles.